The predicted octanol–water partition coefficient (Wildman–Crippen LogP) is 2.71. The van der Waals surface area contributed by atoms with Crippen molar-refractivity contribution in [2.45, 2.75) is 64.6 Å². The molecule has 0 saturated heterocycles. The zero-order valence-corrected chi connectivity index (χ0v) is 25.0. The van der Waals surface area contributed by atoms with Crippen LogP contribution in [0.3, 0.4) is 0 Å². The van der Waals surface area contributed by atoms with Crippen LogP contribution in [-0.2, 0) is 38.1 Å². The van der Waals surface area contributed by atoms with Gasteiger partial charge in [-0.1, -0.05) is 38.2 Å². The molecule has 1 aliphatic heterocycles. The lowest BCUT2D eigenvalue weighted by Gasteiger charge is -2.34. The van der Waals surface area contributed by atoms with Gasteiger partial charge in [0, 0.05) is 51.6 Å². The van der Waals surface area contributed by atoms with Crippen molar-refractivity contribution in [3.05, 3.63) is 58.9 Å². The summed E-state index contributed by atoms with van der Waals surface area (Å²) in [5.41, 5.74) is 6.29. The van der Waals surface area contributed by atoms with Gasteiger partial charge < -0.3 is 34.7 Å². The number of ether oxygens (including phenoxy) is 5. The van der Waals surface area contributed by atoms with E-state index in [-0.39, 0.29) is 28.7 Å². The predicted molar refractivity (Wildman–Crippen MR) is 152 cm³/mol. The second kappa shape index (κ2) is 15.6. The van der Waals surface area contributed by atoms with Gasteiger partial charge in [0.2, 0.25) is 5.78 Å². The Kier molecular flexibility index (Phi) is 12.8. The zero-order chi connectivity index (χ0) is 30.9. The number of methoxy groups -OCH3 is 4. The van der Waals surface area contributed by atoms with E-state index in [2.05, 4.69) is 5.32 Å². The fourth-order valence-electron chi connectivity index (χ4n) is 5.21. The summed E-state index contributed by atoms with van der Waals surface area (Å²) >= 11 is 0. The number of rotatable bonds is 5. The van der Waals surface area contributed by atoms with Crippen molar-refractivity contribution in [3.8, 4) is 0 Å². The van der Waals surface area contributed by atoms with E-state index in [4.69, 9.17) is 29.4 Å². The van der Waals surface area contributed by atoms with Crippen LogP contribution in [0.5, 0.6) is 0 Å². The lowest BCUT2D eigenvalue weighted by atomic mass is 9.84. The van der Waals surface area contributed by atoms with E-state index < -0.39 is 54.1 Å². The Morgan fingerprint density at radius 1 is 0.951 bits per heavy atom. The molecule has 3 N–H and O–H groups in total. The molecule has 0 aromatic heterocycles. The topological polar surface area (TPSA) is 152 Å². The molecule has 2 amide bonds. The van der Waals surface area contributed by atoms with Gasteiger partial charge in [0.1, 0.15) is 6.10 Å². The number of fused-ring (bicyclic) bond motifs is 2. The van der Waals surface area contributed by atoms with Crippen molar-refractivity contribution < 1.29 is 42.9 Å². The standard InChI is InChI=1S/C30H42N2O9/c1-16-10-9-11-23(37-5)28(41-30(31)36)18(3)12-17(2)27(40-8)24(38-6)13-19(4)26(39-7)21-14-20(33)15-22(25(21)34)32-29(16)35/h9-12,14-15,17,19,23-24,26-28H,13H2,1-8H3,(H2,31,36)(H,32,35)/b11-9+,16-10-,18-12+/t17-,19-,23-,24+,26+,27+,28-/m0/s1. The Morgan fingerprint density at radius 2 is 1.63 bits per heavy atom. The lowest BCUT2D eigenvalue weighted by molar-refractivity contribution is -0.120. The van der Waals surface area contributed by atoms with Crippen LogP contribution in [-0.4, -0.2) is 82.5 Å². The van der Waals surface area contributed by atoms with E-state index >= 15 is 0 Å². The van der Waals surface area contributed by atoms with Crippen molar-refractivity contribution in [2.24, 2.45) is 17.6 Å². The number of allylic oxidation sites excluding steroid dienone is 5. The second-order valence-electron chi connectivity index (χ2n) is 10.2. The number of carbonyl (C=O) groups is 4. The molecule has 0 radical (unpaired) electrons. The fourth-order valence-corrected chi connectivity index (χ4v) is 5.21. The summed E-state index contributed by atoms with van der Waals surface area (Å²) in [5.74, 6) is -2.04. The molecular formula is C30H42N2O9. The van der Waals surface area contributed by atoms with Crippen LogP contribution in [0.4, 0.5) is 4.79 Å². The van der Waals surface area contributed by atoms with Gasteiger partial charge in [-0.2, -0.15) is 0 Å². The van der Waals surface area contributed by atoms with Crippen molar-refractivity contribution in [2.75, 3.05) is 28.4 Å². The first-order valence-electron chi connectivity index (χ1n) is 13.3. The molecule has 1 aliphatic carbocycles. The number of amides is 2. The SMILES string of the molecule is CO[C@@H]1[C@@H](C)/C=C(\C)[C@H](OC(N)=O)[C@@H](OC)/C=C/C=C(/C)C(=O)NC2=CC(=O)C=C(C2=O)[C@H](OC)[C@@H](C)C[C@H]1OC. The minimum absolute atomic E-state index is 0.141. The molecule has 0 aromatic rings. The van der Waals surface area contributed by atoms with E-state index in [0.717, 1.165) is 6.08 Å². The summed E-state index contributed by atoms with van der Waals surface area (Å²) in [7, 11) is 6.05. The maximum absolute atomic E-state index is 13.4. The van der Waals surface area contributed by atoms with Crippen LogP contribution in [0.1, 0.15) is 34.1 Å². The Hall–Kier alpha value is -3.38. The molecule has 0 spiro atoms. The van der Waals surface area contributed by atoms with Gasteiger partial charge >= 0.3 is 6.09 Å². The van der Waals surface area contributed by atoms with Gasteiger partial charge in [-0.15, -0.1) is 0 Å². The third-order valence-corrected chi connectivity index (χ3v) is 7.27. The number of ketones is 2. The van der Waals surface area contributed by atoms with Crippen molar-refractivity contribution in [3.63, 3.8) is 0 Å². The van der Waals surface area contributed by atoms with Gasteiger partial charge in [-0.25, -0.2) is 4.79 Å². The minimum atomic E-state index is -0.972. The molecule has 226 valence electrons. The van der Waals surface area contributed by atoms with Crippen molar-refractivity contribution >= 4 is 23.6 Å². The quantitative estimate of drug-likeness (QED) is 0.373. The monoisotopic (exact) mass is 574 g/mol. The van der Waals surface area contributed by atoms with E-state index in [9.17, 15) is 19.2 Å². The van der Waals surface area contributed by atoms with Crippen LogP contribution in [0.2, 0.25) is 0 Å². The Balaban J connectivity index is 2.66. The molecule has 2 bridgehead atoms. The first kappa shape index (κ1) is 33.8. The molecule has 0 saturated carbocycles. The smallest absolute Gasteiger partial charge is 0.405 e. The fraction of sp³-hybridized carbons (Fsp3) is 0.533. The van der Waals surface area contributed by atoms with E-state index in [1.165, 1.54) is 26.4 Å². The van der Waals surface area contributed by atoms with Gasteiger partial charge in [-0.05, 0) is 37.8 Å². The first-order chi connectivity index (χ1) is 19.4. The molecule has 2 rings (SSSR count). The van der Waals surface area contributed by atoms with Crippen LogP contribution in [0, 0.1) is 11.8 Å². The maximum Gasteiger partial charge on any atom is 0.405 e. The number of nitrogens with two attached hydrogens (primary N) is 1. The number of Topliss-reactive ketones (excluding diaryl/α,β-unsaturated/α-hetero) is 1. The molecule has 0 aromatic carbocycles. The normalized spacial score (nSPS) is 33.9. The van der Waals surface area contributed by atoms with E-state index in [1.807, 2.05) is 19.9 Å². The Morgan fingerprint density at radius 3 is 2.20 bits per heavy atom. The average Bonchev–Trinajstić information content (AvgIpc) is 2.91. The van der Waals surface area contributed by atoms with E-state index in [1.54, 1.807) is 40.2 Å². The summed E-state index contributed by atoms with van der Waals surface area (Å²) in [5, 5.41) is 2.54. The van der Waals surface area contributed by atoms with Crippen LogP contribution >= 0.6 is 0 Å². The van der Waals surface area contributed by atoms with Crippen LogP contribution in [0.15, 0.2) is 58.9 Å². The number of hydrogen-bond acceptors (Lipinski definition) is 9. The van der Waals surface area contributed by atoms with Gasteiger partial charge in [-0.3, -0.25) is 14.4 Å². The maximum atomic E-state index is 13.4. The molecule has 0 fully saturated rings. The molecule has 11 heteroatoms. The van der Waals surface area contributed by atoms with Crippen LogP contribution < -0.4 is 11.1 Å². The van der Waals surface area contributed by atoms with Gasteiger partial charge in [0.05, 0.1) is 24.0 Å². The molecule has 0 unspecified atom stereocenters. The number of hydrogen-bond donors (Lipinski definition) is 2. The van der Waals surface area contributed by atoms with Crippen molar-refractivity contribution in [1.29, 1.82) is 0 Å². The molecule has 1 heterocycles. The van der Waals surface area contributed by atoms with Gasteiger partial charge in [0.15, 0.2) is 11.9 Å². The Bertz CT molecular complexity index is 1150. The highest BCUT2D eigenvalue weighted by molar-refractivity contribution is 6.22. The van der Waals surface area contributed by atoms with Gasteiger partial charge in [0.25, 0.3) is 5.91 Å². The molecule has 7 atom stereocenters. The highest BCUT2D eigenvalue weighted by atomic mass is 16.6. The minimum Gasteiger partial charge on any atom is -0.439 e. The Labute approximate surface area is 241 Å². The second-order valence-corrected chi connectivity index (χ2v) is 10.2. The molecule has 11 nitrogen and oxygen atoms in total. The third kappa shape index (κ3) is 8.80. The zero-order valence-electron chi connectivity index (χ0n) is 25.0. The van der Waals surface area contributed by atoms with Crippen LogP contribution in [0.25, 0.3) is 0 Å². The molecule has 41 heavy (non-hydrogen) atoms. The first-order valence-corrected chi connectivity index (χ1v) is 13.3. The molecule has 2 aliphatic rings. The number of carbonyl (C=O) groups excluding carboxylic acids is 4. The third-order valence-electron chi connectivity index (χ3n) is 7.27. The number of primary amides is 1. The largest absolute Gasteiger partial charge is 0.439 e. The summed E-state index contributed by atoms with van der Waals surface area (Å²) < 4.78 is 28.4. The summed E-state index contributed by atoms with van der Waals surface area (Å²) in [6.45, 7) is 7.17. The van der Waals surface area contributed by atoms with Crippen molar-refractivity contribution in [1.82, 2.24) is 5.32 Å². The highest BCUT2D eigenvalue weighted by Crippen LogP contribution is 2.30. The average molecular weight is 575 g/mol. The lowest BCUT2D eigenvalue weighted by Crippen LogP contribution is -2.41. The number of nitrogens with one attached hydrogen (secondary N) is 1. The summed E-state index contributed by atoms with van der Waals surface area (Å²) in [4.78, 5) is 50.6. The molecular weight excluding hydrogens is 532 g/mol. The summed E-state index contributed by atoms with van der Waals surface area (Å²) in [6, 6.07) is 0. The van der Waals surface area contributed by atoms with E-state index in [0.29, 0.717) is 12.0 Å². The highest BCUT2D eigenvalue weighted by Gasteiger charge is 2.36. The summed E-state index contributed by atoms with van der Waals surface area (Å²) in [6.07, 6.45) is 5.11.